The van der Waals surface area contributed by atoms with Crippen LogP contribution in [0.5, 0.6) is 0 Å². The van der Waals surface area contributed by atoms with Crippen molar-refractivity contribution in [3.63, 3.8) is 0 Å². The Balaban J connectivity index is 2.09. The standard InChI is InChI=1S/C12H21ClN4O2S/c1-2-15-10-12(14-11-15)20(18,19)17-6-3-5-16(7-4-13)8-9-17/h10-11H,2-9H2,1H3. The van der Waals surface area contributed by atoms with Gasteiger partial charge in [0.05, 0.1) is 6.33 Å². The fourth-order valence-electron chi connectivity index (χ4n) is 2.31. The van der Waals surface area contributed by atoms with E-state index in [0.29, 0.717) is 25.5 Å². The molecule has 2 rings (SSSR count). The normalized spacial score (nSPS) is 19.1. The van der Waals surface area contributed by atoms with Gasteiger partial charge in [-0.15, -0.1) is 11.6 Å². The van der Waals surface area contributed by atoms with Gasteiger partial charge in [0.2, 0.25) is 0 Å². The Morgan fingerprint density at radius 2 is 2.10 bits per heavy atom. The molecule has 1 aliphatic rings. The average molecular weight is 321 g/mol. The van der Waals surface area contributed by atoms with E-state index in [1.54, 1.807) is 17.1 Å². The average Bonchev–Trinajstić information content (AvgIpc) is 2.80. The highest BCUT2D eigenvalue weighted by atomic mass is 35.5. The molecule has 1 aromatic rings. The van der Waals surface area contributed by atoms with E-state index < -0.39 is 10.0 Å². The van der Waals surface area contributed by atoms with Crippen molar-refractivity contribution in [1.82, 2.24) is 18.8 Å². The van der Waals surface area contributed by atoms with Gasteiger partial charge in [0.1, 0.15) is 0 Å². The lowest BCUT2D eigenvalue weighted by atomic mass is 10.4. The topological polar surface area (TPSA) is 58.4 Å². The third-order valence-corrected chi connectivity index (χ3v) is 5.48. The lowest BCUT2D eigenvalue weighted by molar-refractivity contribution is 0.303. The second-order valence-electron chi connectivity index (χ2n) is 4.83. The molecule has 0 spiro atoms. The minimum Gasteiger partial charge on any atom is -0.336 e. The van der Waals surface area contributed by atoms with Gasteiger partial charge in [-0.25, -0.2) is 13.4 Å². The van der Waals surface area contributed by atoms with E-state index in [1.165, 1.54) is 4.31 Å². The van der Waals surface area contributed by atoms with Gasteiger partial charge < -0.3 is 9.47 Å². The lowest BCUT2D eigenvalue weighted by Gasteiger charge is -2.20. The summed E-state index contributed by atoms with van der Waals surface area (Å²) in [6, 6.07) is 0. The van der Waals surface area contributed by atoms with Gasteiger partial charge in [-0.3, -0.25) is 0 Å². The molecule has 1 aliphatic heterocycles. The molecule has 1 fully saturated rings. The van der Waals surface area contributed by atoms with E-state index >= 15 is 0 Å². The van der Waals surface area contributed by atoms with E-state index in [4.69, 9.17) is 11.6 Å². The molecule has 0 aliphatic carbocycles. The Labute approximate surface area is 125 Å². The van der Waals surface area contributed by atoms with Crippen LogP contribution < -0.4 is 0 Å². The van der Waals surface area contributed by atoms with Crippen LogP contribution in [-0.4, -0.2) is 65.8 Å². The molecule has 8 heteroatoms. The van der Waals surface area contributed by atoms with Gasteiger partial charge in [0.15, 0.2) is 5.03 Å². The molecule has 2 heterocycles. The van der Waals surface area contributed by atoms with Crippen LogP contribution in [0.3, 0.4) is 0 Å². The zero-order valence-electron chi connectivity index (χ0n) is 11.7. The summed E-state index contributed by atoms with van der Waals surface area (Å²) in [7, 11) is -3.47. The zero-order chi connectivity index (χ0) is 14.6. The fourth-order valence-corrected chi connectivity index (χ4v) is 3.95. The second-order valence-corrected chi connectivity index (χ2v) is 7.09. The Morgan fingerprint density at radius 1 is 1.30 bits per heavy atom. The van der Waals surface area contributed by atoms with Crippen molar-refractivity contribution in [3.05, 3.63) is 12.5 Å². The largest absolute Gasteiger partial charge is 0.336 e. The van der Waals surface area contributed by atoms with Gasteiger partial charge in [-0.1, -0.05) is 0 Å². The first kappa shape index (κ1) is 15.8. The monoisotopic (exact) mass is 320 g/mol. The third-order valence-electron chi connectivity index (χ3n) is 3.53. The van der Waals surface area contributed by atoms with Crippen molar-refractivity contribution in [1.29, 1.82) is 0 Å². The highest BCUT2D eigenvalue weighted by Gasteiger charge is 2.28. The smallest absolute Gasteiger partial charge is 0.262 e. The molecule has 0 unspecified atom stereocenters. The summed E-state index contributed by atoms with van der Waals surface area (Å²) in [5.74, 6) is 0.577. The number of alkyl halides is 1. The van der Waals surface area contributed by atoms with Crippen LogP contribution >= 0.6 is 11.6 Å². The number of hydrogen-bond donors (Lipinski definition) is 0. The van der Waals surface area contributed by atoms with Crippen LogP contribution in [0.25, 0.3) is 0 Å². The van der Waals surface area contributed by atoms with E-state index in [0.717, 1.165) is 26.1 Å². The van der Waals surface area contributed by atoms with Crippen molar-refractivity contribution in [2.45, 2.75) is 24.9 Å². The van der Waals surface area contributed by atoms with E-state index in [1.807, 2.05) is 6.92 Å². The van der Waals surface area contributed by atoms with Crippen molar-refractivity contribution < 1.29 is 8.42 Å². The highest BCUT2D eigenvalue weighted by molar-refractivity contribution is 7.89. The van der Waals surface area contributed by atoms with Crippen molar-refractivity contribution in [2.24, 2.45) is 0 Å². The second kappa shape index (κ2) is 6.89. The van der Waals surface area contributed by atoms with Crippen LogP contribution in [0.1, 0.15) is 13.3 Å². The summed E-state index contributed by atoms with van der Waals surface area (Å²) < 4.78 is 28.4. The molecule has 0 N–H and O–H groups in total. The van der Waals surface area contributed by atoms with Crippen LogP contribution in [-0.2, 0) is 16.6 Å². The summed E-state index contributed by atoms with van der Waals surface area (Å²) >= 11 is 5.74. The predicted molar refractivity (Wildman–Crippen MR) is 78.4 cm³/mol. The van der Waals surface area contributed by atoms with E-state index in [-0.39, 0.29) is 5.03 Å². The number of halogens is 1. The summed E-state index contributed by atoms with van der Waals surface area (Å²) in [6.45, 7) is 6.13. The maximum absolute atomic E-state index is 12.5. The van der Waals surface area contributed by atoms with Crippen molar-refractivity contribution in [3.8, 4) is 0 Å². The van der Waals surface area contributed by atoms with Crippen LogP contribution in [0.2, 0.25) is 0 Å². The fraction of sp³-hybridized carbons (Fsp3) is 0.750. The molecule has 0 saturated carbocycles. The first-order chi connectivity index (χ1) is 9.57. The molecule has 1 aromatic heterocycles. The molecule has 6 nitrogen and oxygen atoms in total. The summed E-state index contributed by atoms with van der Waals surface area (Å²) in [5.41, 5.74) is 0. The Bertz CT molecular complexity index is 531. The summed E-state index contributed by atoms with van der Waals surface area (Å²) in [5, 5.41) is 0.144. The number of sulfonamides is 1. The minimum absolute atomic E-state index is 0.144. The number of hydrogen-bond acceptors (Lipinski definition) is 4. The zero-order valence-corrected chi connectivity index (χ0v) is 13.3. The predicted octanol–water partition coefficient (Wildman–Crippen LogP) is 0.838. The van der Waals surface area contributed by atoms with E-state index in [9.17, 15) is 8.42 Å². The Morgan fingerprint density at radius 3 is 2.75 bits per heavy atom. The molecule has 0 amide bonds. The number of aryl methyl sites for hydroxylation is 1. The van der Waals surface area contributed by atoms with Gasteiger partial charge in [0, 0.05) is 44.8 Å². The van der Waals surface area contributed by atoms with Gasteiger partial charge in [-0.2, -0.15) is 4.31 Å². The number of rotatable bonds is 5. The molecule has 0 atom stereocenters. The molecule has 1 saturated heterocycles. The van der Waals surface area contributed by atoms with Crippen LogP contribution in [0, 0.1) is 0 Å². The molecule has 20 heavy (non-hydrogen) atoms. The Hall–Kier alpha value is -0.630. The van der Waals surface area contributed by atoms with E-state index in [2.05, 4.69) is 9.88 Å². The molecule has 114 valence electrons. The van der Waals surface area contributed by atoms with Crippen molar-refractivity contribution in [2.75, 3.05) is 38.6 Å². The number of nitrogens with zero attached hydrogens (tertiary/aromatic N) is 4. The Kier molecular flexibility index (Phi) is 5.42. The molecule has 0 radical (unpaired) electrons. The van der Waals surface area contributed by atoms with Crippen LogP contribution in [0.15, 0.2) is 17.6 Å². The molecular weight excluding hydrogens is 300 g/mol. The highest BCUT2D eigenvalue weighted by Crippen LogP contribution is 2.16. The quantitative estimate of drug-likeness (QED) is 0.754. The maximum atomic E-state index is 12.5. The third kappa shape index (κ3) is 3.52. The molecule has 0 aromatic carbocycles. The first-order valence-corrected chi connectivity index (χ1v) is 8.85. The van der Waals surface area contributed by atoms with Gasteiger partial charge >= 0.3 is 0 Å². The molecule has 0 bridgehead atoms. The SMILES string of the molecule is CCn1cnc(S(=O)(=O)N2CCCN(CCCl)CC2)c1. The summed E-state index contributed by atoms with van der Waals surface area (Å²) in [6.07, 6.45) is 3.98. The first-order valence-electron chi connectivity index (χ1n) is 6.88. The summed E-state index contributed by atoms with van der Waals surface area (Å²) in [4.78, 5) is 6.22. The minimum atomic E-state index is -3.47. The van der Waals surface area contributed by atoms with Gasteiger partial charge in [0.25, 0.3) is 10.0 Å². The number of aromatic nitrogens is 2. The van der Waals surface area contributed by atoms with Gasteiger partial charge in [-0.05, 0) is 19.9 Å². The number of imidazole rings is 1. The molecular formula is C12H21ClN4O2S. The lowest BCUT2D eigenvalue weighted by Crippen LogP contribution is -2.35. The van der Waals surface area contributed by atoms with Crippen LogP contribution in [0.4, 0.5) is 0 Å². The van der Waals surface area contributed by atoms with Crippen molar-refractivity contribution >= 4 is 21.6 Å². The maximum Gasteiger partial charge on any atom is 0.262 e.